The highest BCUT2D eigenvalue weighted by Crippen LogP contribution is 2.39. The van der Waals surface area contributed by atoms with Crippen molar-refractivity contribution in [3.8, 4) is 11.3 Å². The van der Waals surface area contributed by atoms with Gasteiger partial charge in [-0.3, -0.25) is 9.97 Å². The van der Waals surface area contributed by atoms with Gasteiger partial charge in [-0.05, 0) is 37.3 Å². The summed E-state index contributed by atoms with van der Waals surface area (Å²) < 4.78 is 32.3. The van der Waals surface area contributed by atoms with Crippen molar-refractivity contribution in [2.24, 2.45) is 0 Å². The Balaban J connectivity index is 1.83. The molecule has 0 spiro atoms. The van der Waals surface area contributed by atoms with Crippen molar-refractivity contribution < 1.29 is 13.2 Å². The Kier molecular flexibility index (Phi) is 3.76. The van der Waals surface area contributed by atoms with E-state index in [-0.39, 0.29) is 5.88 Å². The summed E-state index contributed by atoms with van der Waals surface area (Å²) in [5.74, 6) is -1.74. The van der Waals surface area contributed by atoms with Gasteiger partial charge in [0, 0.05) is 35.4 Å². The van der Waals surface area contributed by atoms with Gasteiger partial charge in [0.05, 0.1) is 5.39 Å². The van der Waals surface area contributed by atoms with E-state index in [0.29, 0.717) is 28.0 Å². The molecule has 0 fully saturated rings. The SMILES string of the molecule is Cc1cc(-c2nccc3c(Nc4ccc(F)c(F)c4)c(N)oc23)ccn1. The highest BCUT2D eigenvalue weighted by atomic mass is 19.2. The lowest BCUT2D eigenvalue weighted by atomic mass is 10.1. The van der Waals surface area contributed by atoms with Crippen LogP contribution in [0.4, 0.5) is 26.0 Å². The molecule has 0 radical (unpaired) electrons. The van der Waals surface area contributed by atoms with Gasteiger partial charge in [-0.2, -0.15) is 0 Å². The number of hydrogen-bond acceptors (Lipinski definition) is 5. The molecule has 3 aromatic heterocycles. The molecule has 0 aliphatic heterocycles. The third kappa shape index (κ3) is 2.73. The van der Waals surface area contributed by atoms with E-state index < -0.39 is 11.6 Å². The van der Waals surface area contributed by atoms with Gasteiger partial charge in [0.15, 0.2) is 17.2 Å². The second kappa shape index (κ2) is 6.11. The standard InChI is InChI=1S/C19H14F2N4O/c1-10-8-11(4-6-23-10)16-18-13(5-7-24-16)17(19(22)26-18)25-12-2-3-14(20)15(21)9-12/h2-9,25H,22H2,1H3. The largest absolute Gasteiger partial charge is 0.436 e. The molecule has 3 heterocycles. The van der Waals surface area contributed by atoms with Gasteiger partial charge in [0.1, 0.15) is 11.4 Å². The predicted octanol–water partition coefficient (Wildman–Crippen LogP) is 4.80. The van der Waals surface area contributed by atoms with E-state index in [1.165, 1.54) is 6.07 Å². The number of aromatic nitrogens is 2. The minimum atomic E-state index is -0.948. The van der Waals surface area contributed by atoms with Crippen LogP contribution in [0.1, 0.15) is 5.69 Å². The fraction of sp³-hybridized carbons (Fsp3) is 0.0526. The zero-order valence-electron chi connectivity index (χ0n) is 13.8. The van der Waals surface area contributed by atoms with Crippen LogP contribution >= 0.6 is 0 Å². The summed E-state index contributed by atoms with van der Waals surface area (Å²) in [5.41, 5.74) is 9.65. The molecule has 5 nitrogen and oxygen atoms in total. The zero-order chi connectivity index (χ0) is 18.3. The predicted molar refractivity (Wildman–Crippen MR) is 96.0 cm³/mol. The number of nitrogen functional groups attached to an aromatic ring is 1. The third-order valence-corrected chi connectivity index (χ3v) is 3.99. The first kappa shape index (κ1) is 16.0. The molecular weight excluding hydrogens is 338 g/mol. The molecule has 3 N–H and O–H groups in total. The maximum atomic E-state index is 13.5. The van der Waals surface area contributed by atoms with Crippen LogP contribution in [-0.4, -0.2) is 9.97 Å². The van der Waals surface area contributed by atoms with Crippen molar-refractivity contribution in [2.45, 2.75) is 6.92 Å². The first-order valence-corrected chi connectivity index (χ1v) is 7.85. The molecule has 130 valence electrons. The van der Waals surface area contributed by atoms with Crippen molar-refractivity contribution in [2.75, 3.05) is 11.1 Å². The molecule has 26 heavy (non-hydrogen) atoms. The highest BCUT2D eigenvalue weighted by molar-refractivity contribution is 6.03. The lowest BCUT2D eigenvalue weighted by Crippen LogP contribution is -1.95. The smallest absolute Gasteiger partial charge is 0.215 e. The summed E-state index contributed by atoms with van der Waals surface area (Å²) in [6, 6.07) is 8.99. The number of nitrogens with two attached hydrogens (primary N) is 1. The summed E-state index contributed by atoms with van der Waals surface area (Å²) in [6.45, 7) is 1.89. The van der Waals surface area contributed by atoms with Crippen molar-refractivity contribution in [3.63, 3.8) is 0 Å². The minimum Gasteiger partial charge on any atom is -0.436 e. The molecule has 7 heteroatoms. The number of aryl methyl sites for hydroxylation is 1. The van der Waals surface area contributed by atoms with Gasteiger partial charge >= 0.3 is 0 Å². The van der Waals surface area contributed by atoms with E-state index in [9.17, 15) is 8.78 Å². The minimum absolute atomic E-state index is 0.129. The molecule has 4 rings (SSSR count). The van der Waals surface area contributed by atoms with Gasteiger partial charge in [0.2, 0.25) is 5.88 Å². The Hall–Kier alpha value is -3.48. The first-order chi connectivity index (χ1) is 12.5. The van der Waals surface area contributed by atoms with Gasteiger partial charge in [0.25, 0.3) is 0 Å². The van der Waals surface area contributed by atoms with E-state index >= 15 is 0 Å². The molecule has 0 amide bonds. The third-order valence-electron chi connectivity index (χ3n) is 3.99. The van der Waals surface area contributed by atoms with Crippen LogP contribution in [0.25, 0.3) is 22.2 Å². The number of rotatable bonds is 3. The molecular formula is C19H14F2N4O. The Morgan fingerprint density at radius 3 is 2.58 bits per heavy atom. The number of nitrogens with zero attached hydrogens (tertiary/aromatic N) is 2. The molecule has 0 bridgehead atoms. The number of pyridine rings is 2. The summed E-state index contributed by atoms with van der Waals surface area (Å²) in [7, 11) is 0. The van der Waals surface area contributed by atoms with Gasteiger partial charge < -0.3 is 15.5 Å². The topological polar surface area (TPSA) is 77.0 Å². The summed E-state index contributed by atoms with van der Waals surface area (Å²) in [4.78, 5) is 8.57. The second-order valence-corrected chi connectivity index (χ2v) is 5.82. The fourth-order valence-corrected chi connectivity index (χ4v) is 2.79. The molecule has 0 aliphatic carbocycles. The maximum Gasteiger partial charge on any atom is 0.215 e. The lowest BCUT2D eigenvalue weighted by molar-refractivity contribution is 0.509. The lowest BCUT2D eigenvalue weighted by Gasteiger charge is -2.06. The monoisotopic (exact) mass is 352 g/mol. The van der Waals surface area contributed by atoms with Crippen LogP contribution in [0.5, 0.6) is 0 Å². The summed E-state index contributed by atoms with van der Waals surface area (Å²) in [6.07, 6.45) is 3.33. The average molecular weight is 352 g/mol. The van der Waals surface area contributed by atoms with E-state index in [1.807, 2.05) is 19.1 Å². The number of furan rings is 1. The normalized spacial score (nSPS) is 11.0. The highest BCUT2D eigenvalue weighted by Gasteiger charge is 2.17. The van der Waals surface area contributed by atoms with Gasteiger partial charge in [-0.15, -0.1) is 0 Å². The van der Waals surface area contributed by atoms with Crippen molar-refractivity contribution in [1.82, 2.24) is 9.97 Å². The molecule has 0 atom stereocenters. The molecule has 4 aromatic rings. The van der Waals surface area contributed by atoms with Crippen LogP contribution < -0.4 is 11.1 Å². The molecule has 0 aliphatic rings. The molecule has 0 saturated heterocycles. The van der Waals surface area contributed by atoms with Crippen molar-refractivity contribution in [1.29, 1.82) is 0 Å². The first-order valence-electron chi connectivity index (χ1n) is 7.85. The number of halogens is 2. The quantitative estimate of drug-likeness (QED) is 0.554. The van der Waals surface area contributed by atoms with Crippen molar-refractivity contribution >= 4 is 28.2 Å². The molecule has 1 aromatic carbocycles. The van der Waals surface area contributed by atoms with Gasteiger partial charge in [-0.25, -0.2) is 8.78 Å². The Labute approximate surface area is 147 Å². The Morgan fingerprint density at radius 2 is 1.81 bits per heavy atom. The maximum absolute atomic E-state index is 13.5. The van der Waals surface area contributed by atoms with Crippen LogP contribution in [0.3, 0.4) is 0 Å². The van der Waals surface area contributed by atoms with Crippen molar-refractivity contribution in [3.05, 3.63) is 66.1 Å². The Bertz CT molecular complexity index is 1120. The average Bonchev–Trinajstić information content (AvgIpc) is 2.94. The van der Waals surface area contributed by atoms with Gasteiger partial charge in [-0.1, -0.05) is 0 Å². The van der Waals surface area contributed by atoms with E-state index in [0.717, 1.165) is 23.4 Å². The number of nitrogens with one attached hydrogen (secondary N) is 1. The number of anilines is 3. The number of benzene rings is 1. The van der Waals surface area contributed by atoms with Crippen LogP contribution in [-0.2, 0) is 0 Å². The van der Waals surface area contributed by atoms with Crippen LogP contribution in [0.2, 0.25) is 0 Å². The van der Waals surface area contributed by atoms with Crippen LogP contribution in [0, 0.1) is 18.6 Å². The van der Waals surface area contributed by atoms with E-state index in [1.54, 1.807) is 18.5 Å². The molecule has 0 unspecified atom stereocenters. The number of hydrogen-bond donors (Lipinski definition) is 2. The fourth-order valence-electron chi connectivity index (χ4n) is 2.79. The summed E-state index contributed by atoms with van der Waals surface area (Å²) in [5, 5.41) is 3.67. The number of fused-ring (bicyclic) bond motifs is 1. The van der Waals surface area contributed by atoms with Crippen LogP contribution in [0.15, 0.2) is 53.2 Å². The molecule has 0 saturated carbocycles. The van der Waals surface area contributed by atoms with E-state index in [4.69, 9.17) is 10.2 Å². The summed E-state index contributed by atoms with van der Waals surface area (Å²) >= 11 is 0. The second-order valence-electron chi connectivity index (χ2n) is 5.82. The Morgan fingerprint density at radius 1 is 1.00 bits per heavy atom. The zero-order valence-corrected chi connectivity index (χ0v) is 13.8. The van der Waals surface area contributed by atoms with E-state index in [2.05, 4.69) is 15.3 Å².